The first-order chi connectivity index (χ1) is 8.17. The van der Waals surface area contributed by atoms with Gasteiger partial charge in [-0.05, 0) is 20.8 Å². The van der Waals surface area contributed by atoms with Gasteiger partial charge in [-0.15, -0.1) is 0 Å². The van der Waals surface area contributed by atoms with Crippen LogP contribution >= 0.6 is 0 Å². The van der Waals surface area contributed by atoms with Gasteiger partial charge in [-0.2, -0.15) is 5.10 Å². The van der Waals surface area contributed by atoms with E-state index in [1.54, 1.807) is 20.8 Å². The van der Waals surface area contributed by atoms with Crippen molar-refractivity contribution in [3.05, 3.63) is 6.20 Å². The fourth-order valence-corrected chi connectivity index (χ4v) is 1.18. The van der Waals surface area contributed by atoms with Crippen molar-refractivity contribution in [3.63, 3.8) is 0 Å². The van der Waals surface area contributed by atoms with Crippen molar-refractivity contribution in [2.45, 2.75) is 39.3 Å². The van der Waals surface area contributed by atoms with Gasteiger partial charge in [0, 0.05) is 0 Å². The van der Waals surface area contributed by atoms with E-state index in [1.165, 1.54) is 6.20 Å². The number of nitrogens with one attached hydrogen (secondary N) is 1. The smallest absolute Gasteiger partial charge is 0.412 e. The van der Waals surface area contributed by atoms with Crippen molar-refractivity contribution in [3.8, 4) is 0 Å². The first kappa shape index (κ1) is 14.2. The summed E-state index contributed by atoms with van der Waals surface area (Å²) in [4.78, 5) is 11.4. The van der Waals surface area contributed by atoms with E-state index in [2.05, 4.69) is 10.4 Å². The third kappa shape index (κ3) is 4.56. The summed E-state index contributed by atoms with van der Waals surface area (Å²) in [6, 6.07) is 0. The molecule has 6 nitrogen and oxygen atoms in total. The molecule has 1 aromatic rings. The average Bonchev–Trinajstić information content (AvgIpc) is 2.41. The van der Waals surface area contributed by atoms with E-state index in [4.69, 9.17) is 10.5 Å². The molecule has 1 aromatic heterocycles. The van der Waals surface area contributed by atoms with Crippen molar-refractivity contribution in [1.82, 2.24) is 9.78 Å². The maximum Gasteiger partial charge on any atom is 0.412 e. The molecule has 0 aliphatic rings. The average molecular weight is 262 g/mol. The Morgan fingerprint density at radius 3 is 2.72 bits per heavy atom. The summed E-state index contributed by atoms with van der Waals surface area (Å²) in [5, 5.41) is 5.99. The number of aromatic nitrogens is 2. The van der Waals surface area contributed by atoms with Gasteiger partial charge < -0.3 is 10.5 Å². The SMILES string of the molecule is CC(C)(C)OC(=O)Nc1cn(CC(F)F)nc1N. The monoisotopic (exact) mass is 262 g/mol. The van der Waals surface area contributed by atoms with Gasteiger partial charge in [-0.25, -0.2) is 13.6 Å². The van der Waals surface area contributed by atoms with Crippen LogP contribution < -0.4 is 11.1 Å². The van der Waals surface area contributed by atoms with Gasteiger partial charge in [0.05, 0.1) is 6.20 Å². The van der Waals surface area contributed by atoms with Crippen molar-refractivity contribution in [2.24, 2.45) is 0 Å². The van der Waals surface area contributed by atoms with E-state index in [-0.39, 0.29) is 11.5 Å². The Morgan fingerprint density at radius 1 is 1.61 bits per heavy atom. The third-order valence-corrected chi connectivity index (χ3v) is 1.75. The molecule has 0 aromatic carbocycles. The Balaban J connectivity index is 2.67. The lowest BCUT2D eigenvalue weighted by atomic mass is 10.2. The van der Waals surface area contributed by atoms with Gasteiger partial charge in [0.2, 0.25) is 0 Å². The zero-order valence-corrected chi connectivity index (χ0v) is 10.4. The van der Waals surface area contributed by atoms with Gasteiger partial charge in [0.1, 0.15) is 17.8 Å². The Kier molecular flexibility index (Phi) is 4.10. The minimum Gasteiger partial charge on any atom is -0.444 e. The van der Waals surface area contributed by atoms with Crippen LogP contribution in [0.15, 0.2) is 6.20 Å². The molecule has 3 N–H and O–H groups in total. The number of nitrogens with two attached hydrogens (primary N) is 1. The summed E-state index contributed by atoms with van der Waals surface area (Å²) in [7, 11) is 0. The van der Waals surface area contributed by atoms with Crippen LogP contribution in [-0.2, 0) is 11.3 Å². The third-order valence-electron chi connectivity index (χ3n) is 1.75. The minimum absolute atomic E-state index is 0.0403. The lowest BCUT2D eigenvalue weighted by Gasteiger charge is -2.19. The summed E-state index contributed by atoms with van der Waals surface area (Å²) in [5.74, 6) is -0.0403. The first-order valence-corrected chi connectivity index (χ1v) is 5.28. The van der Waals surface area contributed by atoms with E-state index >= 15 is 0 Å². The number of carbonyl (C=O) groups excluding carboxylic acids is 1. The van der Waals surface area contributed by atoms with Crippen LogP contribution in [0.3, 0.4) is 0 Å². The van der Waals surface area contributed by atoms with E-state index in [0.29, 0.717) is 0 Å². The van der Waals surface area contributed by atoms with E-state index in [1.807, 2.05) is 0 Å². The molecule has 0 fully saturated rings. The fourth-order valence-electron chi connectivity index (χ4n) is 1.18. The highest BCUT2D eigenvalue weighted by molar-refractivity contribution is 5.87. The van der Waals surface area contributed by atoms with Crippen LogP contribution in [0.4, 0.5) is 25.1 Å². The predicted molar refractivity (Wildman–Crippen MR) is 62.5 cm³/mol. The molecule has 0 atom stereocenters. The van der Waals surface area contributed by atoms with Crippen molar-refractivity contribution < 1.29 is 18.3 Å². The molecular weight excluding hydrogens is 246 g/mol. The molecule has 1 amide bonds. The highest BCUT2D eigenvalue weighted by Crippen LogP contribution is 2.18. The predicted octanol–water partition coefficient (Wildman–Crippen LogP) is 2.08. The zero-order valence-electron chi connectivity index (χ0n) is 10.4. The summed E-state index contributed by atoms with van der Waals surface area (Å²) in [5.41, 5.74) is 4.97. The number of ether oxygens (including phenoxy) is 1. The molecule has 0 aliphatic carbocycles. The van der Waals surface area contributed by atoms with Crippen LogP contribution in [0.5, 0.6) is 0 Å². The molecule has 0 saturated carbocycles. The van der Waals surface area contributed by atoms with E-state index < -0.39 is 24.7 Å². The van der Waals surface area contributed by atoms with Crippen LogP contribution in [0.2, 0.25) is 0 Å². The zero-order chi connectivity index (χ0) is 13.9. The molecule has 0 bridgehead atoms. The molecule has 1 rings (SSSR count). The largest absolute Gasteiger partial charge is 0.444 e. The number of halogens is 2. The first-order valence-electron chi connectivity index (χ1n) is 5.28. The highest BCUT2D eigenvalue weighted by Gasteiger charge is 2.18. The van der Waals surface area contributed by atoms with Gasteiger partial charge in [0.25, 0.3) is 6.43 Å². The summed E-state index contributed by atoms with van der Waals surface area (Å²) < 4.78 is 30.2. The van der Waals surface area contributed by atoms with Crippen molar-refractivity contribution >= 4 is 17.6 Å². The molecule has 0 aliphatic heterocycles. The minimum atomic E-state index is -2.54. The van der Waals surface area contributed by atoms with Crippen molar-refractivity contribution in [2.75, 3.05) is 11.1 Å². The van der Waals surface area contributed by atoms with Crippen LogP contribution in [0.1, 0.15) is 20.8 Å². The topological polar surface area (TPSA) is 82.2 Å². The van der Waals surface area contributed by atoms with E-state index in [9.17, 15) is 13.6 Å². The van der Waals surface area contributed by atoms with Gasteiger partial charge in [0.15, 0.2) is 5.82 Å². The quantitative estimate of drug-likeness (QED) is 0.873. The number of alkyl halides is 2. The number of hydrogen-bond donors (Lipinski definition) is 2. The molecule has 0 unspecified atom stereocenters. The second-order valence-corrected chi connectivity index (χ2v) is 4.67. The van der Waals surface area contributed by atoms with Crippen LogP contribution in [0.25, 0.3) is 0 Å². The fraction of sp³-hybridized carbons (Fsp3) is 0.600. The maximum atomic E-state index is 12.1. The second kappa shape index (κ2) is 5.19. The number of hydrogen-bond acceptors (Lipinski definition) is 4. The van der Waals surface area contributed by atoms with Crippen molar-refractivity contribution in [1.29, 1.82) is 0 Å². The standard InChI is InChI=1S/C10H16F2N4O2/c1-10(2,3)18-9(17)14-6-4-16(5-7(11)12)15-8(6)13/h4,7H,5H2,1-3H3,(H2,13,15)(H,14,17). The Bertz CT molecular complexity index is 426. The highest BCUT2D eigenvalue weighted by atomic mass is 19.3. The lowest BCUT2D eigenvalue weighted by Crippen LogP contribution is -2.27. The van der Waals surface area contributed by atoms with E-state index in [0.717, 1.165) is 4.68 Å². The molecule has 1 heterocycles. The lowest BCUT2D eigenvalue weighted by molar-refractivity contribution is 0.0636. The number of nitrogen functional groups attached to an aromatic ring is 1. The normalized spacial score (nSPS) is 11.7. The molecule has 18 heavy (non-hydrogen) atoms. The van der Waals surface area contributed by atoms with Gasteiger partial charge in [-0.3, -0.25) is 10.00 Å². The van der Waals surface area contributed by atoms with Gasteiger partial charge in [-0.1, -0.05) is 0 Å². The Labute approximate surface area is 103 Å². The molecule has 0 saturated heterocycles. The second-order valence-electron chi connectivity index (χ2n) is 4.67. The maximum absolute atomic E-state index is 12.1. The number of carbonyl (C=O) groups is 1. The Hall–Kier alpha value is -1.86. The molecule has 102 valence electrons. The number of amides is 1. The van der Waals surface area contributed by atoms with Crippen LogP contribution in [-0.4, -0.2) is 27.9 Å². The molecular formula is C10H16F2N4O2. The van der Waals surface area contributed by atoms with Crippen LogP contribution in [0, 0.1) is 0 Å². The Morgan fingerprint density at radius 2 is 2.22 bits per heavy atom. The summed E-state index contributed by atoms with van der Waals surface area (Å²) in [6.45, 7) is 4.53. The molecule has 0 radical (unpaired) electrons. The van der Waals surface area contributed by atoms with Gasteiger partial charge >= 0.3 is 6.09 Å². The summed E-state index contributed by atoms with van der Waals surface area (Å²) in [6.07, 6.45) is -2.03. The number of anilines is 2. The summed E-state index contributed by atoms with van der Waals surface area (Å²) >= 11 is 0. The molecule has 0 spiro atoms. The molecule has 8 heteroatoms. The number of rotatable bonds is 3. The number of nitrogens with zero attached hydrogens (tertiary/aromatic N) is 2.